The lowest BCUT2D eigenvalue weighted by atomic mass is 10.1. The first-order valence-electron chi connectivity index (χ1n) is 10.6. The summed E-state index contributed by atoms with van der Waals surface area (Å²) in [6.45, 7) is 6.61. The van der Waals surface area contributed by atoms with E-state index < -0.39 is 17.6 Å². The van der Waals surface area contributed by atoms with Gasteiger partial charge in [-0.15, -0.1) is 0 Å². The lowest BCUT2D eigenvalue weighted by Crippen LogP contribution is -2.52. The zero-order valence-corrected chi connectivity index (χ0v) is 20.0. The van der Waals surface area contributed by atoms with Crippen molar-refractivity contribution >= 4 is 23.3 Å². The zero-order valence-electron chi connectivity index (χ0n) is 19.2. The zero-order chi connectivity index (χ0) is 24.5. The van der Waals surface area contributed by atoms with E-state index in [0.29, 0.717) is 35.7 Å². The van der Waals surface area contributed by atoms with Crippen LogP contribution >= 0.6 is 11.6 Å². The van der Waals surface area contributed by atoms with Crippen LogP contribution in [0.4, 0.5) is 9.18 Å². The second-order valence-electron chi connectivity index (χ2n) is 8.66. The monoisotopic (exact) mass is 493 g/mol. The van der Waals surface area contributed by atoms with Gasteiger partial charge in [0.05, 0.1) is 38.8 Å². The van der Waals surface area contributed by atoms with E-state index in [2.05, 4.69) is 15.1 Å². The second kappa shape index (κ2) is 9.59. The van der Waals surface area contributed by atoms with Crippen LogP contribution in [0.3, 0.4) is 0 Å². The summed E-state index contributed by atoms with van der Waals surface area (Å²) in [5.41, 5.74) is 0.783. The SMILES string of the molecule is COc1cn2ncc(-c3cc(F)nc(Cl)c3)c2nc1OC[C@@H]1COCCN1C(=O)OC(C)(C)C. The van der Waals surface area contributed by atoms with Crippen molar-refractivity contribution in [2.75, 3.05) is 33.5 Å². The van der Waals surface area contributed by atoms with Crippen molar-refractivity contribution in [2.45, 2.75) is 32.4 Å². The molecule has 182 valence electrons. The van der Waals surface area contributed by atoms with E-state index in [9.17, 15) is 9.18 Å². The van der Waals surface area contributed by atoms with E-state index in [1.165, 1.54) is 30.0 Å². The molecule has 4 rings (SSSR count). The van der Waals surface area contributed by atoms with Gasteiger partial charge in [0.15, 0.2) is 11.4 Å². The number of pyridine rings is 1. The molecule has 10 nitrogen and oxygen atoms in total. The molecule has 0 N–H and O–H groups in total. The van der Waals surface area contributed by atoms with Gasteiger partial charge in [-0.3, -0.25) is 4.90 Å². The minimum atomic E-state index is -0.716. The van der Waals surface area contributed by atoms with Crippen molar-refractivity contribution in [2.24, 2.45) is 0 Å². The standard InChI is InChI=1S/C22H25ClFN5O5/c1-22(2,3)34-21(30)28-5-6-32-11-14(28)12-33-20-16(31-4)10-29-19(27-20)15(9-25-29)13-7-17(23)26-18(24)8-13/h7-10,14H,5-6,11-12H2,1-4H3/t14-/m0/s1. The van der Waals surface area contributed by atoms with Gasteiger partial charge < -0.3 is 18.9 Å². The van der Waals surface area contributed by atoms with Crippen molar-refractivity contribution in [1.82, 2.24) is 24.5 Å². The molecule has 1 aliphatic heterocycles. The Labute approximate surface area is 200 Å². The van der Waals surface area contributed by atoms with E-state index in [4.69, 9.17) is 30.5 Å². The molecule has 12 heteroatoms. The summed E-state index contributed by atoms with van der Waals surface area (Å²) in [7, 11) is 1.48. The Morgan fingerprint density at radius 1 is 1.32 bits per heavy atom. The highest BCUT2D eigenvalue weighted by atomic mass is 35.5. The number of carbonyl (C=O) groups is 1. The maximum Gasteiger partial charge on any atom is 0.410 e. The number of amides is 1. The summed E-state index contributed by atoms with van der Waals surface area (Å²) in [5.74, 6) is -0.194. The molecule has 0 bridgehead atoms. The minimum absolute atomic E-state index is 0.0128. The molecule has 1 aliphatic rings. The molecule has 3 aromatic heterocycles. The Hall–Kier alpha value is -3.18. The molecule has 0 aromatic carbocycles. The largest absolute Gasteiger partial charge is 0.490 e. The molecule has 1 atom stereocenters. The minimum Gasteiger partial charge on any atom is -0.490 e. The Morgan fingerprint density at radius 3 is 2.82 bits per heavy atom. The molecule has 0 unspecified atom stereocenters. The summed E-state index contributed by atoms with van der Waals surface area (Å²) in [5, 5.41) is 4.28. The van der Waals surface area contributed by atoms with E-state index >= 15 is 0 Å². The lowest BCUT2D eigenvalue weighted by molar-refractivity contribution is -0.0423. The predicted octanol–water partition coefficient (Wildman–Crippen LogP) is 3.61. The van der Waals surface area contributed by atoms with Gasteiger partial charge in [0, 0.05) is 18.2 Å². The van der Waals surface area contributed by atoms with E-state index in [-0.39, 0.29) is 30.3 Å². The highest BCUT2D eigenvalue weighted by molar-refractivity contribution is 6.29. The molecule has 4 heterocycles. The smallest absolute Gasteiger partial charge is 0.410 e. The summed E-state index contributed by atoms with van der Waals surface area (Å²) < 4.78 is 37.7. The van der Waals surface area contributed by atoms with E-state index in [1.807, 2.05) is 20.8 Å². The number of methoxy groups -OCH3 is 1. The number of aromatic nitrogens is 4. The van der Waals surface area contributed by atoms with Gasteiger partial charge in [-0.2, -0.15) is 14.5 Å². The molecule has 1 saturated heterocycles. The maximum absolute atomic E-state index is 13.8. The van der Waals surface area contributed by atoms with Crippen LogP contribution in [0.15, 0.2) is 24.5 Å². The van der Waals surface area contributed by atoms with Crippen molar-refractivity contribution in [3.05, 3.63) is 35.6 Å². The highest BCUT2D eigenvalue weighted by Gasteiger charge is 2.32. The fourth-order valence-corrected chi connectivity index (χ4v) is 3.67. The van der Waals surface area contributed by atoms with Gasteiger partial charge in [0.1, 0.15) is 17.4 Å². The molecule has 0 spiro atoms. The van der Waals surface area contributed by atoms with E-state index in [1.54, 1.807) is 11.1 Å². The number of hydrogen-bond donors (Lipinski definition) is 0. The number of hydrogen-bond acceptors (Lipinski definition) is 8. The van der Waals surface area contributed by atoms with Crippen LogP contribution < -0.4 is 9.47 Å². The number of rotatable bonds is 5. The Kier molecular flexibility index (Phi) is 6.76. The summed E-state index contributed by atoms with van der Waals surface area (Å²) in [4.78, 5) is 22.3. The average Bonchev–Trinajstić information content (AvgIpc) is 3.18. The fourth-order valence-electron chi connectivity index (χ4n) is 3.48. The van der Waals surface area contributed by atoms with Gasteiger partial charge in [-0.1, -0.05) is 11.6 Å². The number of carbonyl (C=O) groups excluding carboxylic acids is 1. The highest BCUT2D eigenvalue weighted by Crippen LogP contribution is 2.31. The van der Waals surface area contributed by atoms with Gasteiger partial charge >= 0.3 is 6.09 Å². The first kappa shape index (κ1) is 24.0. The molecule has 0 saturated carbocycles. The molecule has 34 heavy (non-hydrogen) atoms. The number of nitrogens with zero attached hydrogens (tertiary/aromatic N) is 5. The van der Waals surface area contributed by atoms with Gasteiger partial charge in [0.25, 0.3) is 5.88 Å². The quantitative estimate of drug-likeness (QED) is 0.497. The third-order valence-electron chi connectivity index (χ3n) is 4.99. The summed E-state index contributed by atoms with van der Waals surface area (Å²) in [6, 6.07) is 2.38. The molecular weight excluding hydrogens is 469 g/mol. The normalized spacial score (nSPS) is 16.5. The molecule has 3 aromatic rings. The molecule has 1 fully saturated rings. The van der Waals surface area contributed by atoms with Crippen LogP contribution in [0.25, 0.3) is 16.8 Å². The maximum atomic E-state index is 13.8. The van der Waals surface area contributed by atoms with Crippen molar-refractivity contribution in [3.63, 3.8) is 0 Å². The van der Waals surface area contributed by atoms with Crippen molar-refractivity contribution in [1.29, 1.82) is 0 Å². The number of fused-ring (bicyclic) bond motifs is 1. The van der Waals surface area contributed by atoms with Crippen molar-refractivity contribution in [3.8, 4) is 22.8 Å². The Bertz CT molecular complexity index is 1180. The number of morpholine rings is 1. The fraction of sp³-hybridized carbons (Fsp3) is 0.455. The lowest BCUT2D eigenvalue weighted by Gasteiger charge is -2.36. The van der Waals surface area contributed by atoms with Gasteiger partial charge in [0.2, 0.25) is 5.95 Å². The van der Waals surface area contributed by atoms with Crippen LogP contribution in [0.5, 0.6) is 11.6 Å². The van der Waals surface area contributed by atoms with Crippen LogP contribution in [-0.2, 0) is 9.47 Å². The Morgan fingerprint density at radius 2 is 2.12 bits per heavy atom. The molecule has 0 aliphatic carbocycles. The molecule has 0 radical (unpaired) electrons. The van der Waals surface area contributed by atoms with Crippen LogP contribution in [0, 0.1) is 5.95 Å². The average molecular weight is 494 g/mol. The summed E-state index contributed by atoms with van der Waals surface area (Å²) in [6.07, 6.45) is 2.70. The van der Waals surface area contributed by atoms with Crippen LogP contribution in [0.1, 0.15) is 20.8 Å². The first-order chi connectivity index (χ1) is 16.1. The summed E-state index contributed by atoms with van der Waals surface area (Å²) >= 11 is 5.91. The number of ether oxygens (including phenoxy) is 4. The van der Waals surface area contributed by atoms with Gasteiger partial charge in [-0.05, 0) is 32.4 Å². The van der Waals surface area contributed by atoms with Crippen molar-refractivity contribution < 1.29 is 28.1 Å². The van der Waals surface area contributed by atoms with Crippen LogP contribution in [-0.4, -0.2) is 75.7 Å². The third kappa shape index (κ3) is 5.31. The predicted molar refractivity (Wildman–Crippen MR) is 121 cm³/mol. The number of halogens is 2. The first-order valence-corrected chi connectivity index (χ1v) is 11.0. The molecular formula is C22H25ClFN5O5. The topological polar surface area (TPSA) is 100 Å². The van der Waals surface area contributed by atoms with Crippen LogP contribution in [0.2, 0.25) is 5.15 Å². The Balaban J connectivity index is 1.60. The van der Waals surface area contributed by atoms with E-state index in [0.717, 1.165) is 0 Å². The molecule has 1 amide bonds. The third-order valence-corrected chi connectivity index (χ3v) is 5.18. The van der Waals surface area contributed by atoms with Gasteiger partial charge in [-0.25, -0.2) is 14.3 Å². The second-order valence-corrected chi connectivity index (χ2v) is 9.04.